The maximum Gasteiger partial charge on any atom is 0.0543 e. The van der Waals surface area contributed by atoms with Crippen LogP contribution in [0.1, 0.15) is 25.0 Å². The van der Waals surface area contributed by atoms with Crippen LogP contribution in [0.3, 0.4) is 0 Å². The third kappa shape index (κ3) is 3.51. The molecule has 0 amide bonds. The quantitative estimate of drug-likeness (QED) is 0.192. The van der Waals surface area contributed by atoms with E-state index >= 15 is 0 Å². The van der Waals surface area contributed by atoms with Crippen molar-refractivity contribution < 1.29 is 0 Å². The summed E-state index contributed by atoms with van der Waals surface area (Å²) in [5, 5.41) is 7.92. The highest BCUT2D eigenvalue weighted by Gasteiger charge is 2.37. The molecule has 1 aliphatic carbocycles. The molecule has 0 unspecified atom stereocenters. The monoisotopic (exact) mass is 567 g/mol. The van der Waals surface area contributed by atoms with Crippen molar-refractivity contribution in [2.24, 2.45) is 0 Å². The molecule has 0 radical (unpaired) electrons. The first-order valence-electron chi connectivity index (χ1n) is 14.9. The van der Waals surface area contributed by atoms with E-state index in [1.807, 2.05) is 11.3 Å². The standard InChI is InChI=1S/C41H29NS/c1-41(2)34-16-9-8-15-33(34)39-35(41)17-10-18-36(39)42(28-12-4-3-5-13-28)29-22-24-31-32-23-21-27-20-19-26-11-6-7-14-30(26)38(27)40(32)43-37(31)25-29/h3-25H,1-2H3. The lowest BCUT2D eigenvalue weighted by Gasteiger charge is -2.29. The number of nitrogens with zero attached hydrogens (tertiary/aromatic N) is 1. The highest BCUT2D eigenvalue weighted by Crippen LogP contribution is 2.54. The van der Waals surface area contributed by atoms with E-state index in [4.69, 9.17) is 0 Å². The highest BCUT2D eigenvalue weighted by atomic mass is 32.1. The van der Waals surface area contributed by atoms with Gasteiger partial charge in [-0.15, -0.1) is 11.3 Å². The zero-order chi connectivity index (χ0) is 28.7. The summed E-state index contributed by atoms with van der Waals surface area (Å²) in [7, 11) is 0. The molecule has 8 aromatic rings. The van der Waals surface area contributed by atoms with Gasteiger partial charge in [0.1, 0.15) is 0 Å². The molecule has 1 heterocycles. The van der Waals surface area contributed by atoms with Gasteiger partial charge in [-0.2, -0.15) is 0 Å². The molecule has 0 spiro atoms. The van der Waals surface area contributed by atoms with Gasteiger partial charge in [0, 0.05) is 47.9 Å². The average molecular weight is 568 g/mol. The first-order chi connectivity index (χ1) is 21.1. The Bertz CT molecular complexity index is 2380. The maximum atomic E-state index is 2.45. The first kappa shape index (κ1) is 24.7. The largest absolute Gasteiger partial charge is 0.310 e. The van der Waals surface area contributed by atoms with Crippen LogP contribution in [0, 0.1) is 0 Å². The lowest BCUT2D eigenvalue weighted by molar-refractivity contribution is 0.660. The van der Waals surface area contributed by atoms with Crippen LogP contribution in [0.2, 0.25) is 0 Å². The van der Waals surface area contributed by atoms with Gasteiger partial charge >= 0.3 is 0 Å². The van der Waals surface area contributed by atoms with Crippen LogP contribution < -0.4 is 4.90 Å². The molecular formula is C41H29NS. The molecule has 0 fully saturated rings. The van der Waals surface area contributed by atoms with Gasteiger partial charge in [0.25, 0.3) is 0 Å². The van der Waals surface area contributed by atoms with E-state index in [1.165, 1.54) is 75.3 Å². The number of para-hydroxylation sites is 1. The van der Waals surface area contributed by atoms with Crippen molar-refractivity contribution in [1.29, 1.82) is 0 Å². The van der Waals surface area contributed by atoms with Gasteiger partial charge in [0.15, 0.2) is 0 Å². The molecule has 0 aliphatic heterocycles. The molecular weight excluding hydrogens is 539 g/mol. The SMILES string of the molecule is CC1(C)c2ccccc2-c2c(N(c3ccccc3)c3ccc4c(c3)sc3c4ccc4ccc5ccccc5c43)cccc21. The van der Waals surface area contributed by atoms with Crippen LogP contribution in [0.15, 0.2) is 140 Å². The number of rotatable bonds is 3. The lowest BCUT2D eigenvalue weighted by atomic mass is 9.82. The van der Waals surface area contributed by atoms with Gasteiger partial charge in [-0.1, -0.05) is 123 Å². The Balaban J connectivity index is 1.31. The Morgan fingerprint density at radius 3 is 2.16 bits per heavy atom. The summed E-state index contributed by atoms with van der Waals surface area (Å²) in [6.07, 6.45) is 0. The second kappa shape index (κ2) is 9.04. The average Bonchev–Trinajstić information content (AvgIpc) is 3.54. The van der Waals surface area contributed by atoms with Crippen molar-refractivity contribution in [1.82, 2.24) is 0 Å². The summed E-state index contributed by atoms with van der Waals surface area (Å²) in [5.74, 6) is 0. The second-order valence-electron chi connectivity index (χ2n) is 12.2. The van der Waals surface area contributed by atoms with E-state index in [0.29, 0.717) is 0 Å². The van der Waals surface area contributed by atoms with Crippen LogP contribution in [0.5, 0.6) is 0 Å². The molecule has 1 aliphatic rings. The van der Waals surface area contributed by atoms with E-state index < -0.39 is 0 Å². The fourth-order valence-corrected chi connectivity index (χ4v) is 8.68. The number of benzene rings is 7. The van der Waals surface area contributed by atoms with E-state index in [2.05, 4.69) is 158 Å². The predicted molar refractivity (Wildman–Crippen MR) is 187 cm³/mol. The summed E-state index contributed by atoms with van der Waals surface area (Å²) in [5.41, 5.74) is 8.95. The summed E-state index contributed by atoms with van der Waals surface area (Å²) < 4.78 is 2.67. The zero-order valence-electron chi connectivity index (χ0n) is 24.1. The zero-order valence-corrected chi connectivity index (χ0v) is 25.0. The number of hydrogen-bond acceptors (Lipinski definition) is 2. The molecule has 0 saturated heterocycles. The minimum atomic E-state index is -0.0520. The van der Waals surface area contributed by atoms with Crippen molar-refractivity contribution in [3.05, 3.63) is 151 Å². The third-order valence-corrected chi connectivity index (χ3v) is 10.6. The summed E-state index contributed by atoms with van der Waals surface area (Å²) in [6, 6.07) is 51.5. The number of thiophene rings is 1. The number of fused-ring (bicyclic) bond motifs is 10. The molecule has 1 aromatic heterocycles. The Hall–Kier alpha value is -4.92. The molecule has 0 bridgehead atoms. The number of hydrogen-bond donors (Lipinski definition) is 0. The smallest absolute Gasteiger partial charge is 0.0543 e. The maximum absolute atomic E-state index is 2.45. The van der Waals surface area contributed by atoms with Crippen molar-refractivity contribution in [3.8, 4) is 11.1 Å². The van der Waals surface area contributed by atoms with Gasteiger partial charge in [-0.25, -0.2) is 0 Å². The Labute approximate surface area is 255 Å². The predicted octanol–water partition coefficient (Wildman–Crippen LogP) is 12.1. The number of anilines is 3. The van der Waals surface area contributed by atoms with Gasteiger partial charge in [-0.3, -0.25) is 0 Å². The molecule has 1 nitrogen and oxygen atoms in total. The van der Waals surface area contributed by atoms with Gasteiger partial charge in [0.2, 0.25) is 0 Å². The Morgan fingerprint density at radius 2 is 1.26 bits per heavy atom. The second-order valence-corrected chi connectivity index (χ2v) is 13.2. The van der Waals surface area contributed by atoms with Gasteiger partial charge < -0.3 is 4.90 Å². The topological polar surface area (TPSA) is 3.24 Å². The van der Waals surface area contributed by atoms with Crippen molar-refractivity contribution in [2.45, 2.75) is 19.3 Å². The molecule has 204 valence electrons. The van der Waals surface area contributed by atoms with E-state index in [-0.39, 0.29) is 5.41 Å². The van der Waals surface area contributed by atoms with Gasteiger partial charge in [0.05, 0.1) is 5.69 Å². The molecule has 0 N–H and O–H groups in total. The van der Waals surface area contributed by atoms with E-state index in [9.17, 15) is 0 Å². The third-order valence-electron chi connectivity index (χ3n) is 9.43. The summed E-state index contributed by atoms with van der Waals surface area (Å²) in [4.78, 5) is 2.45. The molecule has 7 aromatic carbocycles. The van der Waals surface area contributed by atoms with Gasteiger partial charge in [-0.05, 0) is 63.2 Å². The normalized spacial score (nSPS) is 13.5. The minimum absolute atomic E-state index is 0.0520. The molecule has 9 rings (SSSR count). The Morgan fingerprint density at radius 1 is 0.535 bits per heavy atom. The van der Waals surface area contributed by atoms with Crippen LogP contribution in [-0.2, 0) is 5.41 Å². The van der Waals surface area contributed by atoms with Crippen LogP contribution in [0.4, 0.5) is 17.1 Å². The summed E-state index contributed by atoms with van der Waals surface area (Å²) in [6.45, 7) is 4.71. The Kier molecular flexibility index (Phi) is 5.18. The van der Waals surface area contributed by atoms with E-state index in [1.54, 1.807) is 0 Å². The fourth-order valence-electron chi connectivity index (χ4n) is 7.38. The highest BCUT2D eigenvalue weighted by molar-refractivity contribution is 7.26. The molecule has 2 heteroatoms. The minimum Gasteiger partial charge on any atom is -0.310 e. The van der Waals surface area contributed by atoms with Crippen LogP contribution in [0.25, 0.3) is 52.8 Å². The lowest BCUT2D eigenvalue weighted by Crippen LogP contribution is -2.16. The van der Waals surface area contributed by atoms with Crippen molar-refractivity contribution in [3.63, 3.8) is 0 Å². The molecule has 0 atom stereocenters. The molecule has 43 heavy (non-hydrogen) atoms. The first-order valence-corrected chi connectivity index (χ1v) is 15.8. The van der Waals surface area contributed by atoms with Crippen LogP contribution in [-0.4, -0.2) is 0 Å². The van der Waals surface area contributed by atoms with Crippen LogP contribution >= 0.6 is 11.3 Å². The fraction of sp³-hybridized carbons (Fsp3) is 0.0732. The van der Waals surface area contributed by atoms with E-state index in [0.717, 1.165) is 5.69 Å². The van der Waals surface area contributed by atoms with Crippen molar-refractivity contribution >= 4 is 70.1 Å². The van der Waals surface area contributed by atoms with Crippen molar-refractivity contribution in [2.75, 3.05) is 4.90 Å². The summed E-state index contributed by atoms with van der Waals surface area (Å²) >= 11 is 1.92. The molecule has 0 saturated carbocycles.